The monoisotopic (exact) mass is 278 g/mol. The van der Waals surface area contributed by atoms with Crippen molar-refractivity contribution in [3.63, 3.8) is 0 Å². The molecule has 1 aromatic rings. The molecule has 0 bridgehead atoms. The summed E-state index contributed by atoms with van der Waals surface area (Å²) in [5.41, 5.74) is 1.43. The van der Waals surface area contributed by atoms with Crippen molar-refractivity contribution in [2.45, 2.75) is 6.54 Å². The van der Waals surface area contributed by atoms with E-state index in [0.29, 0.717) is 18.7 Å². The fraction of sp³-hybridized carbons (Fsp3) is 0.286. The van der Waals surface area contributed by atoms with Gasteiger partial charge in [0.2, 0.25) is 5.91 Å². The summed E-state index contributed by atoms with van der Waals surface area (Å²) in [6.07, 6.45) is 0.447. The van der Waals surface area contributed by atoms with Crippen LogP contribution in [0.15, 0.2) is 24.8 Å². The highest BCUT2D eigenvalue weighted by atomic mass is 19.1. The summed E-state index contributed by atoms with van der Waals surface area (Å²) >= 11 is 0. The van der Waals surface area contributed by atoms with Gasteiger partial charge >= 0.3 is 6.09 Å². The SMILES string of the molecule is C=Cc1cc(F)ccc1CN1CCN(C(=O)O)CC1=O. The lowest BCUT2D eigenvalue weighted by molar-refractivity contribution is -0.135. The molecule has 6 heteroatoms. The Morgan fingerprint density at radius 3 is 2.80 bits per heavy atom. The van der Waals surface area contributed by atoms with Gasteiger partial charge in [-0.05, 0) is 23.3 Å². The zero-order valence-corrected chi connectivity index (χ0v) is 10.9. The number of piperazine rings is 1. The molecule has 0 atom stereocenters. The van der Waals surface area contributed by atoms with Crippen molar-refractivity contribution in [2.24, 2.45) is 0 Å². The molecule has 0 aliphatic carbocycles. The molecule has 1 aromatic carbocycles. The van der Waals surface area contributed by atoms with E-state index in [1.807, 2.05) is 0 Å². The van der Waals surface area contributed by atoms with E-state index >= 15 is 0 Å². The predicted octanol–water partition coefficient (Wildman–Crippen LogP) is 1.79. The Kier molecular flexibility index (Phi) is 4.02. The number of halogens is 1. The van der Waals surface area contributed by atoms with Gasteiger partial charge in [-0.15, -0.1) is 0 Å². The molecule has 1 aliphatic rings. The number of amides is 2. The Balaban J connectivity index is 2.10. The molecule has 1 N–H and O–H groups in total. The lowest BCUT2D eigenvalue weighted by atomic mass is 10.1. The van der Waals surface area contributed by atoms with Crippen LogP contribution >= 0.6 is 0 Å². The van der Waals surface area contributed by atoms with Crippen molar-refractivity contribution < 1.29 is 19.1 Å². The Morgan fingerprint density at radius 2 is 2.20 bits per heavy atom. The maximum Gasteiger partial charge on any atom is 0.407 e. The van der Waals surface area contributed by atoms with Crippen molar-refractivity contribution in [3.05, 3.63) is 41.7 Å². The largest absolute Gasteiger partial charge is 0.465 e. The molecule has 0 radical (unpaired) electrons. The summed E-state index contributed by atoms with van der Waals surface area (Å²) < 4.78 is 13.1. The zero-order chi connectivity index (χ0) is 14.7. The minimum atomic E-state index is -1.09. The number of benzene rings is 1. The van der Waals surface area contributed by atoms with Gasteiger partial charge in [0, 0.05) is 19.6 Å². The average Bonchev–Trinajstić information content (AvgIpc) is 2.42. The van der Waals surface area contributed by atoms with E-state index in [1.165, 1.54) is 18.2 Å². The highest BCUT2D eigenvalue weighted by Crippen LogP contribution is 2.16. The van der Waals surface area contributed by atoms with Crippen molar-refractivity contribution in [1.29, 1.82) is 0 Å². The van der Waals surface area contributed by atoms with Crippen molar-refractivity contribution in [1.82, 2.24) is 9.80 Å². The standard InChI is InChI=1S/C14H15FN2O3/c1-2-10-7-12(15)4-3-11(10)8-16-5-6-17(14(19)20)9-13(16)18/h2-4,7H,1,5-6,8-9H2,(H,19,20). The third-order valence-electron chi connectivity index (χ3n) is 3.28. The number of hydrogen-bond acceptors (Lipinski definition) is 2. The first-order chi connectivity index (χ1) is 9.51. The average molecular weight is 278 g/mol. The van der Waals surface area contributed by atoms with Crippen LogP contribution in [0.4, 0.5) is 9.18 Å². The molecule has 0 spiro atoms. The smallest absolute Gasteiger partial charge is 0.407 e. The van der Waals surface area contributed by atoms with Crippen LogP contribution in [0.2, 0.25) is 0 Å². The molecular formula is C14H15FN2O3. The number of rotatable bonds is 3. The minimum Gasteiger partial charge on any atom is -0.465 e. The zero-order valence-electron chi connectivity index (χ0n) is 10.9. The Labute approximate surface area is 115 Å². The van der Waals surface area contributed by atoms with Crippen LogP contribution in [0.1, 0.15) is 11.1 Å². The van der Waals surface area contributed by atoms with E-state index in [-0.39, 0.29) is 24.8 Å². The summed E-state index contributed by atoms with van der Waals surface area (Å²) in [7, 11) is 0. The number of nitrogens with zero attached hydrogens (tertiary/aromatic N) is 2. The van der Waals surface area contributed by atoms with E-state index in [1.54, 1.807) is 11.0 Å². The first-order valence-corrected chi connectivity index (χ1v) is 6.18. The number of carboxylic acid groups (broad SMARTS) is 1. The molecule has 0 aromatic heterocycles. The quantitative estimate of drug-likeness (QED) is 0.917. The van der Waals surface area contributed by atoms with Crippen LogP contribution in [-0.2, 0) is 11.3 Å². The summed E-state index contributed by atoms with van der Waals surface area (Å²) in [6, 6.07) is 4.31. The third-order valence-corrected chi connectivity index (χ3v) is 3.28. The van der Waals surface area contributed by atoms with E-state index in [4.69, 9.17) is 5.11 Å². The number of carbonyl (C=O) groups excluding carboxylic acids is 1. The second kappa shape index (κ2) is 5.73. The molecule has 0 unspecified atom stereocenters. The molecule has 0 saturated carbocycles. The van der Waals surface area contributed by atoms with Crippen molar-refractivity contribution >= 4 is 18.1 Å². The molecule has 20 heavy (non-hydrogen) atoms. The van der Waals surface area contributed by atoms with Gasteiger partial charge in [-0.1, -0.05) is 18.7 Å². The van der Waals surface area contributed by atoms with E-state index in [0.717, 1.165) is 10.5 Å². The second-order valence-electron chi connectivity index (χ2n) is 4.57. The first-order valence-electron chi connectivity index (χ1n) is 6.18. The Bertz CT molecular complexity index is 559. The molecule has 1 fully saturated rings. The molecule has 1 aliphatic heterocycles. The molecule has 1 saturated heterocycles. The van der Waals surface area contributed by atoms with Gasteiger partial charge in [0.15, 0.2) is 0 Å². The Hall–Kier alpha value is -2.37. The van der Waals surface area contributed by atoms with Crippen LogP contribution in [0.25, 0.3) is 6.08 Å². The lowest BCUT2D eigenvalue weighted by Gasteiger charge is -2.33. The molecule has 106 valence electrons. The van der Waals surface area contributed by atoms with Gasteiger partial charge in [-0.2, -0.15) is 0 Å². The molecule has 2 amide bonds. The molecule has 5 nitrogen and oxygen atoms in total. The predicted molar refractivity (Wildman–Crippen MR) is 71.5 cm³/mol. The Morgan fingerprint density at radius 1 is 1.45 bits per heavy atom. The van der Waals surface area contributed by atoms with E-state index in [9.17, 15) is 14.0 Å². The minimum absolute atomic E-state index is 0.139. The fourth-order valence-electron chi connectivity index (χ4n) is 2.14. The number of hydrogen-bond donors (Lipinski definition) is 1. The summed E-state index contributed by atoms with van der Waals surface area (Å²) in [5, 5.41) is 8.84. The van der Waals surface area contributed by atoms with Crippen LogP contribution < -0.4 is 0 Å². The van der Waals surface area contributed by atoms with E-state index < -0.39 is 6.09 Å². The maximum absolute atomic E-state index is 13.1. The van der Waals surface area contributed by atoms with Crippen LogP contribution in [0.5, 0.6) is 0 Å². The fourth-order valence-corrected chi connectivity index (χ4v) is 2.14. The summed E-state index contributed by atoms with van der Waals surface area (Å²) in [6.45, 7) is 4.43. The van der Waals surface area contributed by atoms with Gasteiger partial charge < -0.3 is 10.0 Å². The van der Waals surface area contributed by atoms with Gasteiger partial charge in [0.05, 0.1) is 0 Å². The number of carbonyl (C=O) groups is 2. The van der Waals surface area contributed by atoms with Gasteiger partial charge in [-0.25, -0.2) is 9.18 Å². The normalized spacial score (nSPS) is 15.3. The van der Waals surface area contributed by atoms with Crippen molar-refractivity contribution in [2.75, 3.05) is 19.6 Å². The molecule has 1 heterocycles. The van der Waals surface area contributed by atoms with Crippen LogP contribution in [0.3, 0.4) is 0 Å². The van der Waals surface area contributed by atoms with Crippen molar-refractivity contribution in [3.8, 4) is 0 Å². The lowest BCUT2D eigenvalue weighted by Crippen LogP contribution is -2.51. The highest BCUT2D eigenvalue weighted by molar-refractivity contribution is 5.83. The van der Waals surface area contributed by atoms with Crippen LogP contribution in [0, 0.1) is 5.82 Å². The summed E-state index contributed by atoms with van der Waals surface area (Å²) in [4.78, 5) is 25.4. The topological polar surface area (TPSA) is 60.9 Å². The summed E-state index contributed by atoms with van der Waals surface area (Å²) in [5.74, 6) is -0.608. The maximum atomic E-state index is 13.1. The first kappa shape index (κ1) is 14.0. The highest BCUT2D eigenvalue weighted by Gasteiger charge is 2.27. The molecule has 2 rings (SSSR count). The van der Waals surface area contributed by atoms with Gasteiger partial charge in [0.1, 0.15) is 12.4 Å². The van der Waals surface area contributed by atoms with Gasteiger partial charge in [-0.3, -0.25) is 9.69 Å². The molecular weight excluding hydrogens is 263 g/mol. The van der Waals surface area contributed by atoms with Crippen LogP contribution in [-0.4, -0.2) is 46.5 Å². The van der Waals surface area contributed by atoms with Gasteiger partial charge in [0.25, 0.3) is 0 Å². The second-order valence-corrected chi connectivity index (χ2v) is 4.57. The third kappa shape index (κ3) is 2.96. The van der Waals surface area contributed by atoms with E-state index in [2.05, 4.69) is 6.58 Å².